The molecule has 7 aromatic carbocycles. The number of aromatic nitrogens is 4. The molecule has 266 valence electrons. The molecule has 0 fully saturated rings. The smallest absolute Gasteiger partial charge is 0.165 e. The summed E-state index contributed by atoms with van der Waals surface area (Å²) in [7, 11) is 0. The molecule has 7 nitrogen and oxygen atoms in total. The predicted molar refractivity (Wildman–Crippen MR) is 227 cm³/mol. The minimum atomic E-state index is 0.539. The molecule has 0 aliphatic heterocycles. The van der Waals surface area contributed by atoms with Gasteiger partial charge in [0.15, 0.2) is 17.5 Å². The molecule has 12 rings (SSSR count). The van der Waals surface area contributed by atoms with Gasteiger partial charge in [0.25, 0.3) is 0 Å². The molecule has 0 saturated heterocycles. The third-order valence-corrected chi connectivity index (χ3v) is 10.9. The van der Waals surface area contributed by atoms with Gasteiger partial charge < -0.3 is 13.3 Å². The van der Waals surface area contributed by atoms with Crippen LogP contribution in [0.4, 0.5) is 0 Å². The van der Waals surface area contributed by atoms with Crippen LogP contribution >= 0.6 is 0 Å². The number of para-hydroxylation sites is 3. The lowest BCUT2D eigenvalue weighted by Crippen LogP contribution is -2.00. The minimum absolute atomic E-state index is 0.539. The maximum absolute atomic E-state index is 6.66. The van der Waals surface area contributed by atoms with Crippen molar-refractivity contribution in [3.05, 3.63) is 170 Å². The molecule has 0 amide bonds. The van der Waals surface area contributed by atoms with Gasteiger partial charge in [0, 0.05) is 67.0 Å². The van der Waals surface area contributed by atoms with Crippen LogP contribution in [0.25, 0.3) is 122 Å². The van der Waals surface area contributed by atoms with Gasteiger partial charge in [0.2, 0.25) is 0 Å². The molecule has 0 radical (unpaired) electrons. The molecule has 0 aliphatic rings. The molecular weight excluding hydrogens is 705 g/mol. The second kappa shape index (κ2) is 12.3. The molecule has 57 heavy (non-hydrogen) atoms. The van der Waals surface area contributed by atoms with Crippen molar-refractivity contribution in [3.63, 3.8) is 0 Å². The van der Waals surface area contributed by atoms with E-state index in [0.717, 1.165) is 105 Å². The number of rotatable bonds is 5. The number of nitrogens with zero attached hydrogens (tertiary/aromatic N) is 4. The van der Waals surface area contributed by atoms with Crippen LogP contribution < -0.4 is 0 Å². The normalized spacial score (nSPS) is 11.9. The zero-order chi connectivity index (χ0) is 37.5. The number of hydrogen-bond donors (Lipinski definition) is 0. The summed E-state index contributed by atoms with van der Waals surface area (Å²) in [6.07, 6.45) is 3.51. The summed E-state index contributed by atoms with van der Waals surface area (Å²) in [4.78, 5) is 19.2. The van der Waals surface area contributed by atoms with E-state index in [0.29, 0.717) is 17.5 Å². The fraction of sp³-hybridized carbons (Fsp3) is 0. The van der Waals surface area contributed by atoms with E-state index in [4.69, 9.17) is 28.2 Å². The highest BCUT2D eigenvalue weighted by molar-refractivity contribution is 6.17. The van der Waals surface area contributed by atoms with E-state index in [1.54, 1.807) is 12.4 Å². The average molecular weight is 733 g/mol. The summed E-state index contributed by atoms with van der Waals surface area (Å²) >= 11 is 0. The lowest BCUT2D eigenvalue weighted by molar-refractivity contribution is 0.668. The Labute approximate surface area is 324 Å². The molecule has 0 atom stereocenters. The second-order valence-electron chi connectivity index (χ2n) is 14.2. The highest BCUT2D eigenvalue weighted by Crippen LogP contribution is 2.43. The van der Waals surface area contributed by atoms with E-state index in [2.05, 4.69) is 89.9 Å². The molecule has 0 aliphatic carbocycles. The maximum atomic E-state index is 6.66. The van der Waals surface area contributed by atoms with Gasteiger partial charge in [0.05, 0.1) is 0 Å². The Morgan fingerprint density at radius 1 is 0.333 bits per heavy atom. The topological polar surface area (TPSA) is 91.0 Å². The molecule has 12 aromatic rings. The Bertz CT molecular complexity index is 3530. The molecule has 0 unspecified atom stereocenters. The second-order valence-corrected chi connectivity index (χ2v) is 14.2. The monoisotopic (exact) mass is 732 g/mol. The summed E-state index contributed by atoms with van der Waals surface area (Å²) in [5.41, 5.74) is 11.7. The first kappa shape index (κ1) is 31.5. The van der Waals surface area contributed by atoms with Crippen LogP contribution in [0.5, 0.6) is 0 Å². The Morgan fingerprint density at radius 3 is 1.51 bits per heavy atom. The van der Waals surface area contributed by atoms with Crippen molar-refractivity contribution >= 4 is 65.8 Å². The van der Waals surface area contributed by atoms with Crippen LogP contribution in [0.2, 0.25) is 0 Å². The van der Waals surface area contributed by atoms with Gasteiger partial charge in [-0.2, -0.15) is 0 Å². The SMILES string of the molecule is c1cncc(-c2nc(-c3ccc(-c4ccc(-c5ccc6c(c5)oc5ccccc56)c5c4oc4ccccc45)cc3)nc(-c3ccc4c(c3)oc3ccccc34)n2)c1. The predicted octanol–water partition coefficient (Wildman–Crippen LogP) is 13.3. The highest BCUT2D eigenvalue weighted by atomic mass is 16.3. The zero-order valence-corrected chi connectivity index (χ0v) is 30.2. The van der Waals surface area contributed by atoms with Crippen molar-refractivity contribution in [3.8, 4) is 56.4 Å². The molecular formula is C50H28N4O3. The summed E-state index contributed by atoms with van der Waals surface area (Å²) < 4.78 is 19.2. The van der Waals surface area contributed by atoms with Crippen molar-refractivity contribution in [1.82, 2.24) is 19.9 Å². The van der Waals surface area contributed by atoms with Crippen LogP contribution in [0.3, 0.4) is 0 Å². The Balaban J connectivity index is 0.968. The maximum Gasteiger partial charge on any atom is 0.165 e. The van der Waals surface area contributed by atoms with E-state index in [-0.39, 0.29) is 0 Å². The average Bonchev–Trinajstić information content (AvgIpc) is 3.97. The van der Waals surface area contributed by atoms with Crippen molar-refractivity contribution in [2.45, 2.75) is 0 Å². The lowest BCUT2D eigenvalue weighted by atomic mass is 9.94. The van der Waals surface area contributed by atoms with E-state index < -0.39 is 0 Å². The van der Waals surface area contributed by atoms with Crippen LogP contribution in [-0.4, -0.2) is 19.9 Å². The molecule has 0 spiro atoms. The largest absolute Gasteiger partial charge is 0.456 e. The number of benzene rings is 7. The van der Waals surface area contributed by atoms with Crippen molar-refractivity contribution in [1.29, 1.82) is 0 Å². The van der Waals surface area contributed by atoms with Gasteiger partial charge >= 0.3 is 0 Å². The van der Waals surface area contributed by atoms with Crippen molar-refractivity contribution in [2.75, 3.05) is 0 Å². The summed E-state index contributed by atoms with van der Waals surface area (Å²) in [5.74, 6) is 1.64. The number of hydrogen-bond acceptors (Lipinski definition) is 7. The van der Waals surface area contributed by atoms with E-state index in [1.165, 1.54) is 0 Å². The fourth-order valence-electron chi connectivity index (χ4n) is 8.11. The Kier molecular flexibility index (Phi) is 6.79. The van der Waals surface area contributed by atoms with Gasteiger partial charge in [0.1, 0.15) is 33.5 Å². The van der Waals surface area contributed by atoms with E-state index >= 15 is 0 Å². The molecule has 0 saturated carbocycles. The summed E-state index contributed by atoms with van der Waals surface area (Å²) in [6, 6.07) is 53.5. The third kappa shape index (κ3) is 5.06. The van der Waals surface area contributed by atoms with Gasteiger partial charge in [-0.1, -0.05) is 97.1 Å². The van der Waals surface area contributed by atoms with Crippen LogP contribution in [0, 0.1) is 0 Å². The molecule has 0 N–H and O–H groups in total. The Morgan fingerprint density at radius 2 is 0.842 bits per heavy atom. The fourth-order valence-corrected chi connectivity index (χ4v) is 8.11. The van der Waals surface area contributed by atoms with Gasteiger partial charge in [-0.15, -0.1) is 0 Å². The van der Waals surface area contributed by atoms with Crippen molar-refractivity contribution in [2.24, 2.45) is 0 Å². The minimum Gasteiger partial charge on any atom is -0.456 e. The molecule has 5 heterocycles. The van der Waals surface area contributed by atoms with Gasteiger partial charge in [-0.05, 0) is 77.4 Å². The number of furan rings is 3. The molecule has 0 bridgehead atoms. The standard InChI is InChI=1S/C50H28N4O3/c1-4-12-41-36(9-1)38-21-19-31(26-44(38)55-41)34-23-24-35(47-46(34)40-11-3-6-14-43(40)57-47)29-15-17-30(18-16-29)48-52-49(54-50(53-48)33-8-7-25-51-28-33)32-20-22-39-37-10-2-5-13-42(37)56-45(39)27-32/h1-28H. The summed E-state index contributed by atoms with van der Waals surface area (Å²) in [6.45, 7) is 0. The molecule has 7 heteroatoms. The first-order valence-electron chi connectivity index (χ1n) is 18.8. The van der Waals surface area contributed by atoms with Gasteiger partial charge in [-0.3, -0.25) is 4.98 Å². The third-order valence-electron chi connectivity index (χ3n) is 10.9. The Hall–Kier alpha value is -7.90. The quantitative estimate of drug-likeness (QED) is 0.174. The number of pyridine rings is 1. The summed E-state index contributed by atoms with van der Waals surface area (Å²) in [5, 5.41) is 6.46. The van der Waals surface area contributed by atoms with Gasteiger partial charge in [-0.25, -0.2) is 15.0 Å². The molecule has 5 aromatic heterocycles. The zero-order valence-electron chi connectivity index (χ0n) is 30.2. The van der Waals surface area contributed by atoms with Crippen molar-refractivity contribution < 1.29 is 13.3 Å². The first-order valence-corrected chi connectivity index (χ1v) is 18.8. The van der Waals surface area contributed by atoms with E-state index in [1.807, 2.05) is 72.8 Å². The number of fused-ring (bicyclic) bond motifs is 9. The van der Waals surface area contributed by atoms with Crippen LogP contribution in [0.15, 0.2) is 183 Å². The van der Waals surface area contributed by atoms with Crippen LogP contribution in [0.1, 0.15) is 0 Å². The highest BCUT2D eigenvalue weighted by Gasteiger charge is 2.20. The van der Waals surface area contributed by atoms with E-state index in [9.17, 15) is 0 Å². The lowest BCUT2D eigenvalue weighted by Gasteiger charge is -2.10. The first-order chi connectivity index (χ1) is 28.2. The van der Waals surface area contributed by atoms with Crippen LogP contribution in [-0.2, 0) is 0 Å².